The van der Waals surface area contributed by atoms with Crippen molar-refractivity contribution >= 4 is 0 Å². The Balaban J connectivity index is 2.28. The highest BCUT2D eigenvalue weighted by atomic mass is 16.3. The molecule has 0 bridgehead atoms. The van der Waals surface area contributed by atoms with Crippen molar-refractivity contribution in [2.24, 2.45) is 0 Å². The average molecular weight is 222 g/mol. The van der Waals surface area contributed by atoms with E-state index in [-0.39, 0.29) is 5.75 Å². The van der Waals surface area contributed by atoms with E-state index in [1.54, 1.807) is 6.07 Å². The molecule has 0 heterocycles. The van der Waals surface area contributed by atoms with Crippen molar-refractivity contribution in [2.45, 2.75) is 13.3 Å². The normalized spacial score (nSPS) is 9.47. The van der Waals surface area contributed by atoms with Gasteiger partial charge in [-0.3, -0.25) is 0 Å². The van der Waals surface area contributed by atoms with Crippen LogP contribution in [-0.2, 0) is 6.42 Å². The molecule has 0 aromatic heterocycles. The fourth-order valence-electron chi connectivity index (χ4n) is 1.56. The van der Waals surface area contributed by atoms with E-state index in [1.165, 1.54) is 0 Å². The number of phenolic OH excluding ortho intramolecular Hbond substituents is 1. The molecule has 1 nitrogen and oxygen atoms in total. The third-order valence-electron chi connectivity index (χ3n) is 2.59. The molecule has 2 aromatic carbocycles. The summed E-state index contributed by atoms with van der Waals surface area (Å²) in [5.74, 6) is 6.27. The third kappa shape index (κ3) is 2.89. The maximum atomic E-state index is 9.80. The molecule has 0 atom stereocenters. The number of rotatable bonds is 1. The fraction of sp³-hybridized carbons (Fsp3) is 0.125. The lowest BCUT2D eigenvalue weighted by molar-refractivity contribution is 0.473. The molecule has 0 radical (unpaired) electrons. The standard InChI is InChI=1S/C16H14O/c1-2-13-8-10-15(16(17)12-13)11-9-14-6-4-3-5-7-14/h3-8,10,12,17H,2H2,1H3. The maximum absolute atomic E-state index is 9.80. The van der Waals surface area contributed by atoms with Gasteiger partial charge in [0.25, 0.3) is 0 Å². The highest BCUT2D eigenvalue weighted by molar-refractivity contribution is 5.50. The molecule has 2 rings (SSSR count). The molecule has 0 amide bonds. The fourth-order valence-corrected chi connectivity index (χ4v) is 1.56. The Morgan fingerprint density at radius 3 is 2.41 bits per heavy atom. The summed E-state index contributed by atoms with van der Waals surface area (Å²) in [6, 6.07) is 15.4. The predicted molar refractivity (Wildman–Crippen MR) is 69.9 cm³/mol. The van der Waals surface area contributed by atoms with Crippen LogP contribution in [0.3, 0.4) is 0 Å². The maximum Gasteiger partial charge on any atom is 0.131 e. The zero-order valence-corrected chi connectivity index (χ0v) is 9.77. The smallest absolute Gasteiger partial charge is 0.131 e. The van der Waals surface area contributed by atoms with Crippen molar-refractivity contribution < 1.29 is 5.11 Å². The predicted octanol–water partition coefficient (Wildman–Crippen LogP) is 3.35. The number of aryl methyl sites for hydroxylation is 1. The summed E-state index contributed by atoms with van der Waals surface area (Å²) in [4.78, 5) is 0. The Morgan fingerprint density at radius 1 is 1.00 bits per heavy atom. The zero-order valence-electron chi connectivity index (χ0n) is 9.77. The van der Waals surface area contributed by atoms with Crippen LogP contribution in [0.25, 0.3) is 0 Å². The zero-order chi connectivity index (χ0) is 12.1. The minimum atomic E-state index is 0.257. The van der Waals surface area contributed by atoms with Crippen LogP contribution in [-0.4, -0.2) is 5.11 Å². The van der Waals surface area contributed by atoms with Gasteiger partial charge in [0.05, 0.1) is 5.56 Å². The largest absolute Gasteiger partial charge is 0.507 e. The van der Waals surface area contributed by atoms with E-state index in [4.69, 9.17) is 0 Å². The molecule has 1 N–H and O–H groups in total. The molecule has 0 saturated heterocycles. The highest BCUT2D eigenvalue weighted by Gasteiger charge is 1.98. The van der Waals surface area contributed by atoms with Crippen LogP contribution in [0.2, 0.25) is 0 Å². The van der Waals surface area contributed by atoms with Crippen molar-refractivity contribution in [3.8, 4) is 17.6 Å². The molecular weight excluding hydrogens is 208 g/mol. The Kier molecular flexibility index (Phi) is 3.47. The van der Waals surface area contributed by atoms with Crippen molar-refractivity contribution in [1.82, 2.24) is 0 Å². The first kappa shape index (κ1) is 11.3. The molecule has 0 unspecified atom stereocenters. The SMILES string of the molecule is CCc1ccc(C#Cc2ccccc2)c(O)c1. The monoisotopic (exact) mass is 222 g/mol. The molecule has 0 aliphatic carbocycles. The van der Waals surface area contributed by atoms with Gasteiger partial charge in [0.2, 0.25) is 0 Å². The van der Waals surface area contributed by atoms with Gasteiger partial charge < -0.3 is 5.11 Å². The molecule has 0 saturated carbocycles. The first-order valence-corrected chi connectivity index (χ1v) is 5.68. The van der Waals surface area contributed by atoms with Gasteiger partial charge in [-0.2, -0.15) is 0 Å². The van der Waals surface area contributed by atoms with Crippen molar-refractivity contribution in [2.75, 3.05) is 0 Å². The Hall–Kier alpha value is -2.20. The Morgan fingerprint density at radius 2 is 1.76 bits per heavy atom. The molecular formula is C16H14O. The van der Waals surface area contributed by atoms with E-state index in [0.717, 1.165) is 17.5 Å². The molecule has 0 aliphatic rings. The highest BCUT2D eigenvalue weighted by Crippen LogP contribution is 2.18. The van der Waals surface area contributed by atoms with Crippen LogP contribution >= 0.6 is 0 Å². The average Bonchev–Trinajstić information content (AvgIpc) is 2.38. The number of hydrogen-bond acceptors (Lipinski definition) is 1. The summed E-state index contributed by atoms with van der Waals surface area (Å²) >= 11 is 0. The van der Waals surface area contributed by atoms with Gasteiger partial charge in [-0.05, 0) is 36.2 Å². The topological polar surface area (TPSA) is 20.2 Å². The summed E-state index contributed by atoms with van der Waals surface area (Å²) in [7, 11) is 0. The van der Waals surface area contributed by atoms with Crippen LogP contribution < -0.4 is 0 Å². The second kappa shape index (κ2) is 5.23. The van der Waals surface area contributed by atoms with Gasteiger partial charge in [0.1, 0.15) is 5.75 Å². The van der Waals surface area contributed by atoms with Crippen LogP contribution in [0.1, 0.15) is 23.6 Å². The van der Waals surface area contributed by atoms with Crippen LogP contribution in [0, 0.1) is 11.8 Å². The first-order valence-electron chi connectivity index (χ1n) is 5.68. The van der Waals surface area contributed by atoms with Crippen LogP contribution in [0.5, 0.6) is 5.75 Å². The van der Waals surface area contributed by atoms with E-state index < -0.39 is 0 Å². The Labute approximate surface area is 102 Å². The van der Waals surface area contributed by atoms with Crippen molar-refractivity contribution in [1.29, 1.82) is 0 Å². The summed E-state index contributed by atoms with van der Waals surface area (Å²) in [5, 5.41) is 9.80. The van der Waals surface area contributed by atoms with Gasteiger partial charge in [0.15, 0.2) is 0 Å². The van der Waals surface area contributed by atoms with Crippen LogP contribution in [0.4, 0.5) is 0 Å². The van der Waals surface area contributed by atoms with Gasteiger partial charge >= 0.3 is 0 Å². The molecule has 17 heavy (non-hydrogen) atoms. The summed E-state index contributed by atoms with van der Waals surface area (Å²) in [6.07, 6.45) is 0.917. The minimum absolute atomic E-state index is 0.257. The van der Waals surface area contributed by atoms with Gasteiger partial charge in [-0.25, -0.2) is 0 Å². The van der Waals surface area contributed by atoms with Gasteiger partial charge in [0, 0.05) is 5.56 Å². The van der Waals surface area contributed by atoms with E-state index in [1.807, 2.05) is 42.5 Å². The van der Waals surface area contributed by atoms with Crippen molar-refractivity contribution in [3.05, 3.63) is 65.2 Å². The third-order valence-corrected chi connectivity index (χ3v) is 2.59. The lowest BCUT2D eigenvalue weighted by atomic mass is 10.1. The van der Waals surface area contributed by atoms with E-state index in [0.29, 0.717) is 5.56 Å². The lowest BCUT2D eigenvalue weighted by Crippen LogP contribution is -1.82. The minimum Gasteiger partial charge on any atom is -0.507 e. The molecule has 2 aromatic rings. The number of hydrogen-bond donors (Lipinski definition) is 1. The summed E-state index contributed by atoms with van der Waals surface area (Å²) < 4.78 is 0. The van der Waals surface area contributed by atoms with Crippen molar-refractivity contribution in [3.63, 3.8) is 0 Å². The van der Waals surface area contributed by atoms with E-state index in [9.17, 15) is 5.11 Å². The molecule has 84 valence electrons. The molecule has 0 aliphatic heterocycles. The van der Waals surface area contributed by atoms with E-state index in [2.05, 4.69) is 18.8 Å². The lowest BCUT2D eigenvalue weighted by Gasteiger charge is -2.00. The molecule has 0 spiro atoms. The summed E-state index contributed by atoms with van der Waals surface area (Å²) in [6.45, 7) is 2.06. The number of aromatic hydroxyl groups is 1. The number of benzene rings is 2. The molecule has 0 fully saturated rings. The summed E-state index contributed by atoms with van der Waals surface area (Å²) in [5.41, 5.74) is 2.74. The quantitative estimate of drug-likeness (QED) is 0.733. The second-order valence-electron chi connectivity index (χ2n) is 3.82. The number of phenols is 1. The van der Waals surface area contributed by atoms with Gasteiger partial charge in [-0.15, -0.1) is 0 Å². The second-order valence-corrected chi connectivity index (χ2v) is 3.82. The van der Waals surface area contributed by atoms with Gasteiger partial charge in [-0.1, -0.05) is 43.0 Å². The molecule has 1 heteroatoms. The van der Waals surface area contributed by atoms with E-state index >= 15 is 0 Å². The Bertz CT molecular complexity index is 559. The first-order chi connectivity index (χ1) is 8.29. The van der Waals surface area contributed by atoms with Crippen LogP contribution in [0.15, 0.2) is 48.5 Å².